The summed E-state index contributed by atoms with van der Waals surface area (Å²) >= 11 is 4.81. The molecule has 0 radical (unpaired) electrons. The molecule has 7 heteroatoms. The summed E-state index contributed by atoms with van der Waals surface area (Å²) in [6.45, 7) is 1.86. The van der Waals surface area contributed by atoms with Crippen molar-refractivity contribution in [2.24, 2.45) is 10.8 Å². The van der Waals surface area contributed by atoms with Crippen LogP contribution in [0.4, 0.5) is 11.5 Å². The third-order valence-corrected chi connectivity index (χ3v) is 3.58. The van der Waals surface area contributed by atoms with E-state index in [4.69, 9.17) is 18.0 Å². The Morgan fingerprint density at radius 3 is 2.50 bits per heavy atom. The SMILES string of the molecule is Cc1nc(N/N=C/c2ccc(NC(N)=S)cc2)cc(-c2ccccc2)n1. The number of nitrogens with two attached hydrogens (primary N) is 1. The largest absolute Gasteiger partial charge is 0.376 e. The van der Waals surface area contributed by atoms with E-state index >= 15 is 0 Å². The molecule has 0 saturated carbocycles. The topological polar surface area (TPSA) is 88.2 Å². The molecule has 0 amide bonds. The minimum atomic E-state index is 0.237. The fourth-order valence-corrected chi connectivity index (χ4v) is 2.47. The number of anilines is 2. The summed E-state index contributed by atoms with van der Waals surface area (Å²) in [4.78, 5) is 8.84. The molecule has 3 rings (SSSR count). The molecule has 0 saturated heterocycles. The fourth-order valence-electron chi connectivity index (χ4n) is 2.35. The van der Waals surface area contributed by atoms with Crippen LogP contribution in [0.25, 0.3) is 11.3 Å². The maximum atomic E-state index is 5.45. The molecule has 0 bridgehead atoms. The van der Waals surface area contributed by atoms with Gasteiger partial charge in [0, 0.05) is 17.3 Å². The first-order valence-corrected chi connectivity index (χ1v) is 8.38. The van der Waals surface area contributed by atoms with Gasteiger partial charge in [-0.1, -0.05) is 42.5 Å². The molecular formula is C19H18N6S. The standard InChI is InChI=1S/C19H18N6S/c1-13-22-17(15-5-3-2-4-6-15)11-18(23-13)25-21-12-14-7-9-16(10-8-14)24-19(20)26/h2-12H,1H3,(H3,20,24,26)(H,22,23,25)/b21-12+. The predicted octanol–water partition coefficient (Wildman–Crippen LogP) is 3.55. The van der Waals surface area contributed by atoms with Gasteiger partial charge in [0.25, 0.3) is 0 Å². The number of nitrogens with one attached hydrogen (secondary N) is 2. The molecule has 1 aromatic heterocycles. The lowest BCUT2D eigenvalue weighted by Crippen LogP contribution is -2.18. The van der Waals surface area contributed by atoms with E-state index in [-0.39, 0.29) is 5.11 Å². The second-order valence-electron chi connectivity index (χ2n) is 5.53. The molecule has 0 unspecified atom stereocenters. The predicted molar refractivity (Wildman–Crippen MR) is 110 cm³/mol. The third kappa shape index (κ3) is 4.84. The lowest BCUT2D eigenvalue weighted by molar-refractivity contribution is 1.05. The van der Waals surface area contributed by atoms with Crippen LogP contribution in [0.15, 0.2) is 65.8 Å². The summed E-state index contributed by atoms with van der Waals surface area (Å²) in [5.41, 5.74) is 12.0. The highest BCUT2D eigenvalue weighted by Crippen LogP contribution is 2.19. The molecule has 3 aromatic rings. The summed E-state index contributed by atoms with van der Waals surface area (Å²) < 4.78 is 0. The first kappa shape index (κ1) is 17.5. The molecule has 0 aliphatic carbocycles. The lowest BCUT2D eigenvalue weighted by atomic mass is 10.1. The summed E-state index contributed by atoms with van der Waals surface area (Å²) in [6.07, 6.45) is 1.71. The molecule has 0 atom stereocenters. The van der Waals surface area contributed by atoms with E-state index in [2.05, 4.69) is 25.8 Å². The van der Waals surface area contributed by atoms with Gasteiger partial charge < -0.3 is 11.1 Å². The maximum absolute atomic E-state index is 5.45. The first-order chi connectivity index (χ1) is 12.6. The Kier molecular flexibility index (Phi) is 5.50. The molecule has 2 aromatic carbocycles. The Hall–Kier alpha value is -3.32. The second-order valence-corrected chi connectivity index (χ2v) is 5.97. The third-order valence-electron chi connectivity index (χ3n) is 3.48. The van der Waals surface area contributed by atoms with Gasteiger partial charge in [-0.2, -0.15) is 5.10 Å². The minimum absolute atomic E-state index is 0.237. The quantitative estimate of drug-likeness (QED) is 0.365. The molecule has 0 aliphatic rings. The number of thiocarbonyl (C=S) groups is 1. The average molecular weight is 362 g/mol. The van der Waals surface area contributed by atoms with Gasteiger partial charge >= 0.3 is 0 Å². The summed E-state index contributed by atoms with van der Waals surface area (Å²) in [6, 6.07) is 19.4. The van der Waals surface area contributed by atoms with Crippen LogP contribution >= 0.6 is 12.2 Å². The van der Waals surface area contributed by atoms with Crippen LogP contribution < -0.4 is 16.5 Å². The number of hydrogen-bond acceptors (Lipinski definition) is 5. The normalized spacial score (nSPS) is 10.7. The van der Waals surface area contributed by atoms with Crippen molar-refractivity contribution in [1.29, 1.82) is 0 Å². The van der Waals surface area contributed by atoms with Crippen LogP contribution in [-0.4, -0.2) is 21.3 Å². The molecule has 6 nitrogen and oxygen atoms in total. The number of aromatic nitrogens is 2. The van der Waals surface area contributed by atoms with E-state index in [1.807, 2.05) is 67.6 Å². The van der Waals surface area contributed by atoms with Gasteiger partial charge in [-0.25, -0.2) is 9.97 Å². The van der Waals surface area contributed by atoms with Crippen LogP contribution in [0.3, 0.4) is 0 Å². The second kappa shape index (κ2) is 8.17. The average Bonchev–Trinajstić information content (AvgIpc) is 2.63. The van der Waals surface area contributed by atoms with Gasteiger partial charge in [0.1, 0.15) is 11.6 Å². The van der Waals surface area contributed by atoms with Gasteiger partial charge in [0.2, 0.25) is 0 Å². The molecule has 1 heterocycles. The molecular weight excluding hydrogens is 344 g/mol. The Morgan fingerprint density at radius 2 is 1.81 bits per heavy atom. The Morgan fingerprint density at radius 1 is 1.08 bits per heavy atom. The molecule has 0 aliphatic heterocycles. The first-order valence-electron chi connectivity index (χ1n) is 7.97. The summed E-state index contributed by atoms with van der Waals surface area (Å²) in [5, 5.41) is 7.35. The number of hydrogen-bond donors (Lipinski definition) is 3. The van der Waals surface area contributed by atoms with Crippen molar-refractivity contribution in [2.45, 2.75) is 6.92 Å². The van der Waals surface area contributed by atoms with Crippen LogP contribution in [0, 0.1) is 6.92 Å². The van der Waals surface area contributed by atoms with E-state index in [9.17, 15) is 0 Å². The fraction of sp³-hybridized carbons (Fsp3) is 0.0526. The number of rotatable bonds is 5. The molecule has 26 heavy (non-hydrogen) atoms. The van der Waals surface area contributed by atoms with Crippen molar-refractivity contribution in [3.05, 3.63) is 72.1 Å². The lowest BCUT2D eigenvalue weighted by Gasteiger charge is -2.06. The van der Waals surface area contributed by atoms with E-state index < -0.39 is 0 Å². The molecule has 0 spiro atoms. The van der Waals surface area contributed by atoms with E-state index in [1.165, 1.54) is 0 Å². The summed E-state index contributed by atoms with van der Waals surface area (Å²) in [5.74, 6) is 1.32. The maximum Gasteiger partial charge on any atom is 0.168 e. The van der Waals surface area contributed by atoms with Crippen LogP contribution in [-0.2, 0) is 0 Å². The summed E-state index contributed by atoms with van der Waals surface area (Å²) in [7, 11) is 0. The van der Waals surface area contributed by atoms with Crippen molar-refractivity contribution in [3.63, 3.8) is 0 Å². The zero-order valence-electron chi connectivity index (χ0n) is 14.2. The van der Waals surface area contributed by atoms with Gasteiger partial charge in [-0.3, -0.25) is 5.43 Å². The van der Waals surface area contributed by atoms with Crippen LogP contribution in [0.5, 0.6) is 0 Å². The van der Waals surface area contributed by atoms with E-state index in [0.29, 0.717) is 11.6 Å². The smallest absolute Gasteiger partial charge is 0.168 e. The van der Waals surface area contributed by atoms with E-state index in [1.54, 1.807) is 6.21 Å². The number of nitrogens with zero attached hydrogens (tertiary/aromatic N) is 3. The minimum Gasteiger partial charge on any atom is -0.376 e. The Bertz CT molecular complexity index is 923. The number of benzene rings is 2. The van der Waals surface area contributed by atoms with Crippen LogP contribution in [0.1, 0.15) is 11.4 Å². The van der Waals surface area contributed by atoms with Gasteiger partial charge in [0.05, 0.1) is 11.9 Å². The molecule has 0 fully saturated rings. The molecule has 130 valence electrons. The van der Waals surface area contributed by atoms with Crippen molar-refractivity contribution in [3.8, 4) is 11.3 Å². The molecule has 4 N–H and O–H groups in total. The van der Waals surface area contributed by atoms with Gasteiger partial charge in [0.15, 0.2) is 5.11 Å². The highest BCUT2D eigenvalue weighted by molar-refractivity contribution is 7.80. The number of hydrazone groups is 1. The Labute approximate surface area is 157 Å². The zero-order chi connectivity index (χ0) is 18.4. The van der Waals surface area contributed by atoms with Crippen LogP contribution in [0.2, 0.25) is 0 Å². The number of aryl methyl sites for hydroxylation is 1. The monoisotopic (exact) mass is 362 g/mol. The van der Waals surface area contributed by atoms with Gasteiger partial charge in [-0.15, -0.1) is 0 Å². The highest BCUT2D eigenvalue weighted by Gasteiger charge is 2.03. The van der Waals surface area contributed by atoms with E-state index in [0.717, 1.165) is 22.5 Å². The van der Waals surface area contributed by atoms with Gasteiger partial charge in [-0.05, 0) is 36.8 Å². The van der Waals surface area contributed by atoms with Crippen molar-refractivity contribution in [2.75, 3.05) is 10.7 Å². The van der Waals surface area contributed by atoms with Crippen molar-refractivity contribution < 1.29 is 0 Å². The highest BCUT2D eigenvalue weighted by atomic mass is 32.1. The Balaban J connectivity index is 1.70. The van der Waals surface area contributed by atoms with Crippen molar-refractivity contribution in [1.82, 2.24) is 9.97 Å². The van der Waals surface area contributed by atoms with Crippen molar-refractivity contribution >= 4 is 35.1 Å². The zero-order valence-corrected chi connectivity index (χ0v) is 15.0.